The number of hydrogen-bond acceptors (Lipinski definition) is 0. The van der Waals surface area contributed by atoms with Crippen LogP contribution < -0.4 is 10.6 Å². The van der Waals surface area contributed by atoms with Crippen LogP contribution >= 0.6 is 0 Å². The van der Waals surface area contributed by atoms with Crippen LogP contribution in [0, 0.1) is 17.8 Å². The zero-order chi connectivity index (χ0) is 22.4. The van der Waals surface area contributed by atoms with Gasteiger partial charge in [0.2, 0.25) is 0 Å². The molecule has 4 aliphatic rings. The molecule has 2 aromatic heterocycles. The fourth-order valence-electron chi connectivity index (χ4n) is 7.99. The number of nitrogens with zero attached hydrogens (tertiary/aromatic N) is 1. The molecule has 0 radical (unpaired) electrons. The van der Waals surface area contributed by atoms with Gasteiger partial charge in [0.05, 0.1) is 5.52 Å². The van der Waals surface area contributed by atoms with Gasteiger partial charge in [0.25, 0.3) is 0 Å². The summed E-state index contributed by atoms with van der Waals surface area (Å²) in [5.74, 6) is 2.76. The van der Waals surface area contributed by atoms with Crippen molar-refractivity contribution >= 4 is 17.7 Å². The summed E-state index contributed by atoms with van der Waals surface area (Å²) in [5.41, 5.74) is 8.37. The van der Waals surface area contributed by atoms with E-state index < -0.39 is 0 Å². The van der Waals surface area contributed by atoms with E-state index in [1.165, 1.54) is 102 Å². The largest absolute Gasteiger partial charge is 0.317 e. The third kappa shape index (κ3) is 3.75. The van der Waals surface area contributed by atoms with Crippen LogP contribution in [0.4, 0.5) is 0 Å². The molecule has 2 aromatic rings. The molecule has 4 atom stereocenters. The molecule has 0 aliphatic heterocycles. The van der Waals surface area contributed by atoms with Gasteiger partial charge in [-0.05, 0) is 103 Å². The molecule has 33 heavy (non-hydrogen) atoms. The van der Waals surface area contributed by atoms with E-state index >= 15 is 0 Å². The normalized spacial score (nSPS) is 30.5. The molecule has 2 heterocycles. The third-order valence-corrected chi connectivity index (χ3v) is 9.72. The van der Waals surface area contributed by atoms with Crippen LogP contribution in [0.2, 0.25) is 0 Å². The topological polar surface area (TPSA) is 4.41 Å². The van der Waals surface area contributed by atoms with E-state index in [0.717, 1.165) is 11.8 Å². The molecule has 0 amide bonds. The quantitative estimate of drug-likeness (QED) is 0.380. The molecule has 1 heteroatoms. The van der Waals surface area contributed by atoms with Gasteiger partial charge < -0.3 is 4.40 Å². The average Bonchev–Trinajstić information content (AvgIpc) is 3.08. The van der Waals surface area contributed by atoms with Crippen LogP contribution in [-0.4, -0.2) is 4.40 Å². The number of allylic oxidation sites excluding steroid dienone is 2. The second-order valence-corrected chi connectivity index (χ2v) is 11.7. The molecule has 0 bridgehead atoms. The predicted octanol–water partition coefficient (Wildman–Crippen LogP) is 7.22. The highest BCUT2D eigenvalue weighted by atomic mass is 14.9. The van der Waals surface area contributed by atoms with E-state index in [9.17, 15) is 0 Å². The summed E-state index contributed by atoms with van der Waals surface area (Å²) in [6.45, 7) is 7.31. The summed E-state index contributed by atoms with van der Waals surface area (Å²) in [4.78, 5) is 0. The zero-order valence-corrected chi connectivity index (χ0v) is 20.9. The zero-order valence-electron chi connectivity index (χ0n) is 20.9. The second-order valence-electron chi connectivity index (χ2n) is 11.7. The molecule has 6 rings (SSSR count). The molecule has 3 unspecified atom stereocenters. The third-order valence-electron chi connectivity index (χ3n) is 9.72. The van der Waals surface area contributed by atoms with Crippen LogP contribution in [0.1, 0.15) is 113 Å². The van der Waals surface area contributed by atoms with Gasteiger partial charge in [-0.3, -0.25) is 0 Å². The maximum atomic E-state index is 4.80. The number of pyridine rings is 1. The fraction of sp³-hybridized carbons (Fsp3) is 0.625. The first kappa shape index (κ1) is 21.8. The molecular formula is C32H43N. The summed E-state index contributed by atoms with van der Waals surface area (Å²) < 4.78 is 2.53. The van der Waals surface area contributed by atoms with Crippen LogP contribution in [0.5, 0.6) is 0 Å². The standard InChI is InChI=1S/C32H43N/c1-22-16-17-26-19-18-24-12-9-6-7-10-14-27(24)31(26)30-23(2)33-21-20-25-13-8-4-3-5-11-15-28(25)32(33)29(22)30/h18-22,24,26-27H,2-17H2,1H3/t22?,24?,26?,27-/m1/s1. The predicted molar refractivity (Wildman–Crippen MR) is 141 cm³/mol. The van der Waals surface area contributed by atoms with Crippen molar-refractivity contribution < 1.29 is 0 Å². The lowest BCUT2D eigenvalue weighted by molar-refractivity contribution is 0.345. The Morgan fingerprint density at radius 3 is 2.45 bits per heavy atom. The first-order valence-electron chi connectivity index (χ1n) is 14.3. The van der Waals surface area contributed by atoms with Gasteiger partial charge in [0.15, 0.2) is 0 Å². The minimum absolute atomic E-state index is 0.628. The van der Waals surface area contributed by atoms with Crippen LogP contribution in [0.3, 0.4) is 0 Å². The summed E-state index contributed by atoms with van der Waals surface area (Å²) in [6.07, 6.45) is 28.2. The molecular weight excluding hydrogens is 398 g/mol. The summed E-state index contributed by atoms with van der Waals surface area (Å²) in [6, 6.07) is 2.45. The lowest BCUT2D eigenvalue weighted by atomic mass is 9.69. The summed E-state index contributed by atoms with van der Waals surface area (Å²) >= 11 is 0. The number of aromatic nitrogens is 1. The molecule has 0 spiro atoms. The van der Waals surface area contributed by atoms with Gasteiger partial charge >= 0.3 is 0 Å². The molecule has 1 fully saturated rings. The lowest BCUT2D eigenvalue weighted by Gasteiger charge is -2.36. The van der Waals surface area contributed by atoms with E-state index in [0.29, 0.717) is 11.8 Å². The Labute approximate surface area is 200 Å². The van der Waals surface area contributed by atoms with Crippen molar-refractivity contribution in [1.29, 1.82) is 0 Å². The highest BCUT2D eigenvalue weighted by molar-refractivity contribution is 5.71. The van der Waals surface area contributed by atoms with Crippen molar-refractivity contribution in [2.45, 2.75) is 109 Å². The van der Waals surface area contributed by atoms with Gasteiger partial charge in [-0.25, -0.2) is 0 Å². The van der Waals surface area contributed by atoms with E-state index in [1.54, 1.807) is 33.0 Å². The summed E-state index contributed by atoms with van der Waals surface area (Å²) in [7, 11) is 0. The Morgan fingerprint density at radius 2 is 1.58 bits per heavy atom. The molecule has 0 saturated heterocycles. The highest BCUT2D eigenvalue weighted by Gasteiger charge is 2.36. The van der Waals surface area contributed by atoms with Crippen molar-refractivity contribution in [3.63, 3.8) is 0 Å². The Kier molecular flexibility index (Phi) is 6.01. The van der Waals surface area contributed by atoms with Crippen LogP contribution in [-0.2, 0) is 12.8 Å². The smallest absolute Gasteiger partial charge is 0.0531 e. The molecule has 4 aliphatic carbocycles. The molecule has 0 N–H and O–H groups in total. The minimum Gasteiger partial charge on any atom is -0.317 e. The minimum atomic E-state index is 0.628. The van der Waals surface area contributed by atoms with E-state index in [1.807, 2.05) is 0 Å². The first-order valence-corrected chi connectivity index (χ1v) is 14.3. The van der Waals surface area contributed by atoms with E-state index in [4.69, 9.17) is 6.58 Å². The fourth-order valence-corrected chi connectivity index (χ4v) is 7.99. The molecule has 0 aromatic carbocycles. The Hall–Kier alpha value is -1.76. The average molecular weight is 442 g/mol. The number of hydrogen-bond donors (Lipinski definition) is 0. The monoisotopic (exact) mass is 441 g/mol. The van der Waals surface area contributed by atoms with Crippen molar-refractivity contribution in [3.05, 3.63) is 51.7 Å². The Morgan fingerprint density at radius 1 is 0.818 bits per heavy atom. The van der Waals surface area contributed by atoms with Gasteiger partial charge in [-0.1, -0.05) is 70.6 Å². The van der Waals surface area contributed by atoms with E-state index in [2.05, 4.69) is 35.7 Å². The van der Waals surface area contributed by atoms with Gasteiger partial charge in [-0.2, -0.15) is 0 Å². The van der Waals surface area contributed by atoms with Gasteiger partial charge in [-0.15, -0.1) is 0 Å². The molecule has 176 valence electrons. The molecule has 1 saturated carbocycles. The van der Waals surface area contributed by atoms with Crippen molar-refractivity contribution in [2.24, 2.45) is 17.8 Å². The maximum absolute atomic E-state index is 4.80. The van der Waals surface area contributed by atoms with Gasteiger partial charge in [0, 0.05) is 16.8 Å². The highest BCUT2D eigenvalue weighted by Crippen LogP contribution is 2.45. The van der Waals surface area contributed by atoms with E-state index in [-0.39, 0.29) is 0 Å². The Balaban J connectivity index is 1.65. The van der Waals surface area contributed by atoms with Crippen LogP contribution in [0.15, 0.2) is 24.4 Å². The molecule has 1 nitrogen and oxygen atoms in total. The van der Waals surface area contributed by atoms with Gasteiger partial charge in [0.1, 0.15) is 0 Å². The summed E-state index contributed by atoms with van der Waals surface area (Å²) in [5, 5.41) is 2.91. The number of rotatable bonds is 0. The maximum Gasteiger partial charge on any atom is 0.0531 e. The SMILES string of the molecule is C=c1c2c(c3c4c(ccn13)CCCCCCC4)C(C)CCC1C=CC3CCCCCC[C@H]3C=21. The van der Waals surface area contributed by atoms with Crippen molar-refractivity contribution in [3.8, 4) is 0 Å². The van der Waals surface area contributed by atoms with Crippen molar-refractivity contribution in [1.82, 2.24) is 4.40 Å². The number of aryl methyl sites for hydroxylation is 2. The first-order chi connectivity index (χ1) is 16.2. The van der Waals surface area contributed by atoms with Crippen molar-refractivity contribution in [2.75, 3.05) is 0 Å². The number of fused-ring (bicyclic) bond motifs is 8. The second kappa shape index (κ2) is 9.12. The lowest BCUT2D eigenvalue weighted by Crippen LogP contribution is -2.36. The van der Waals surface area contributed by atoms with Crippen LogP contribution in [0.25, 0.3) is 17.7 Å². The Bertz CT molecular complexity index is 1160.